The van der Waals surface area contributed by atoms with E-state index in [9.17, 15) is 9.59 Å². The maximum atomic E-state index is 13.0. The quantitative estimate of drug-likeness (QED) is 0.218. The van der Waals surface area contributed by atoms with Gasteiger partial charge in [0.2, 0.25) is 0 Å². The first-order chi connectivity index (χ1) is 18.0. The highest BCUT2D eigenvalue weighted by molar-refractivity contribution is 6.10. The molecule has 0 saturated carbocycles. The van der Waals surface area contributed by atoms with Crippen molar-refractivity contribution >= 4 is 34.6 Å². The minimum atomic E-state index is -0.337. The molecule has 0 aliphatic rings. The Kier molecular flexibility index (Phi) is 8.55. The van der Waals surface area contributed by atoms with E-state index in [0.29, 0.717) is 28.6 Å². The number of rotatable bonds is 10. The average Bonchev–Trinajstić information content (AvgIpc) is 2.93. The highest BCUT2D eigenvalue weighted by atomic mass is 16.5. The maximum absolute atomic E-state index is 13.0. The van der Waals surface area contributed by atoms with Crippen molar-refractivity contribution in [3.05, 3.63) is 114 Å². The van der Waals surface area contributed by atoms with Gasteiger partial charge in [0.1, 0.15) is 5.75 Å². The summed E-state index contributed by atoms with van der Waals surface area (Å²) in [7, 11) is 0. The van der Waals surface area contributed by atoms with Gasteiger partial charge in [0.15, 0.2) is 6.61 Å². The lowest BCUT2D eigenvalue weighted by atomic mass is 9.98. The molecule has 4 aromatic carbocycles. The number of hydrogen-bond acceptors (Lipinski definition) is 4. The van der Waals surface area contributed by atoms with Crippen LogP contribution in [0.5, 0.6) is 5.75 Å². The van der Waals surface area contributed by atoms with Gasteiger partial charge in [-0.15, -0.1) is 0 Å². The van der Waals surface area contributed by atoms with E-state index in [1.54, 1.807) is 24.3 Å². The van der Waals surface area contributed by atoms with Crippen LogP contribution in [0.2, 0.25) is 0 Å². The topological polar surface area (TPSA) is 79.5 Å². The van der Waals surface area contributed by atoms with Crippen LogP contribution in [0.15, 0.2) is 103 Å². The fourth-order valence-corrected chi connectivity index (χ4v) is 3.88. The van der Waals surface area contributed by atoms with Gasteiger partial charge in [-0.3, -0.25) is 9.59 Å². The molecule has 0 saturated heterocycles. The van der Waals surface area contributed by atoms with E-state index >= 15 is 0 Å². The predicted molar refractivity (Wildman–Crippen MR) is 150 cm³/mol. The third-order valence-corrected chi connectivity index (χ3v) is 6.07. The van der Waals surface area contributed by atoms with Gasteiger partial charge in [0.05, 0.1) is 11.3 Å². The van der Waals surface area contributed by atoms with Crippen molar-refractivity contribution in [2.75, 3.05) is 22.6 Å². The number of carbonyl (C=O) groups is 2. The first-order valence-corrected chi connectivity index (χ1v) is 12.4. The Morgan fingerprint density at radius 1 is 0.730 bits per heavy atom. The second-order valence-corrected chi connectivity index (χ2v) is 8.75. The molecular weight excluding hydrogens is 462 g/mol. The summed E-state index contributed by atoms with van der Waals surface area (Å²) in [5, 5.41) is 9.02. The number of hydrogen-bond donors (Lipinski definition) is 3. The van der Waals surface area contributed by atoms with Crippen LogP contribution in [0.4, 0.5) is 22.7 Å². The van der Waals surface area contributed by atoms with Gasteiger partial charge in [-0.25, -0.2) is 0 Å². The van der Waals surface area contributed by atoms with Crippen molar-refractivity contribution in [3.8, 4) is 5.75 Å². The summed E-state index contributed by atoms with van der Waals surface area (Å²) in [6.45, 7) is 4.09. The van der Waals surface area contributed by atoms with E-state index < -0.39 is 0 Å². The van der Waals surface area contributed by atoms with Gasteiger partial charge in [-0.1, -0.05) is 62.4 Å². The lowest BCUT2D eigenvalue weighted by Gasteiger charge is -2.16. The number of nitrogens with one attached hydrogen (secondary N) is 3. The minimum Gasteiger partial charge on any atom is -0.483 e. The van der Waals surface area contributed by atoms with E-state index in [2.05, 4.69) is 29.8 Å². The smallest absolute Gasteiger partial charge is 0.262 e. The monoisotopic (exact) mass is 493 g/mol. The molecule has 6 nitrogen and oxygen atoms in total. The zero-order valence-electron chi connectivity index (χ0n) is 21.0. The van der Waals surface area contributed by atoms with Crippen molar-refractivity contribution < 1.29 is 14.3 Å². The molecule has 0 radical (unpaired) electrons. The van der Waals surface area contributed by atoms with E-state index in [1.807, 2.05) is 78.9 Å². The molecule has 4 aromatic rings. The van der Waals surface area contributed by atoms with E-state index in [0.717, 1.165) is 23.4 Å². The number of para-hydroxylation sites is 3. The molecule has 6 heteroatoms. The third kappa shape index (κ3) is 6.98. The molecule has 0 bridgehead atoms. The Hall–Kier alpha value is -4.58. The molecule has 2 amide bonds. The standard InChI is InChI=1S/C31H31N3O3/c1-3-22(2)26-13-8-10-16-29(26)37-21-30(35)34-28-15-9-7-14-27(28)31(36)33-25-19-17-24(18-20-25)32-23-11-5-4-6-12-23/h4-20,22,32H,3,21H2,1-2H3,(H,33,36)(H,34,35). The first-order valence-electron chi connectivity index (χ1n) is 12.4. The second kappa shape index (κ2) is 12.4. The van der Waals surface area contributed by atoms with Crippen molar-refractivity contribution in [2.45, 2.75) is 26.2 Å². The molecule has 1 unspecified atom stereocenters. The molecular formula is C31H31N3O3. The van der Waals surface area contributed by atoms with Gasteiger partial charge in [0.25, 0.3) is 11.8 Å². The number of anilines is 4. The van der Waals surface area contributed by atoms with Crippen LogP contribution in [-0.4, -0.2) is 18.4 Å². The highest BCUT2D eigenvalue weighted by Crippen LogP contribution is 2.28. The molecule has 0 fully saturated rings. The lowest BCUT2D eigenvalue weighted by molar-refractivity contribution is -0.118. The van der Waals surface area contributed by atoms with Crippen molar-refractivity contribution in [1.82, 2.24) is 0 Å². The summed E-state index contributed by atoms with van der Waals surface area (Å²) in [6, 6.07) is 32.0. The van der Waals surface area contributed by atoms with Crippen LogP contribution in [0.25, 0.3) is 0 Å². The maximum Gasteiger partial charge on any atom is 0.262 e. The number of benzene rings is 4. The molecule has 4 rings (SSSR count). The molecule has 37 heavy (non-hydrogen) atoms. The zero-order valence-corrected chi connectivity index (χ0v) is 21.0. The van der Waals surface area contributed by atoms with E-state index in [-0.39, 0.29) is 18.4 Å². The minimum absolute atomic E-state index is 0.153. The molecule has 0 heterocycles. The Balaban J connectivity index is 1.37. The molecule has 0 aromatic heterocycles. The van der Waals surface area contributed by atoms with Crippen LogP contribution in [0, 0.1) is 0 Å². The Morgan fingerprint density at radius 2 is 1.35 bits per heavy atom. The lowest BCUT2D eigenvalue weighted by Crippen LogP contribution is -2.23. The summed E-state index contributed by atoms with van der Waals surface area (Å²) in [5.41, 5.74) is 4.40. The van der Waals surface area contributed by atoms with Crippen LogP contribution in [0.1, 0.15) is 42.1 Å². The largest absolute Gasteiger partial charge is 0.483 e. The van der Waals surface area contributed by atoms with Gasteiger partial charge in [-0.05, 0) is 72.5 Å². The van der Waals surface area contributed by atoms with E-state index in [1.165, 1.54) is 0 Å². The van der Waals surface area contributed by atoms with Crippen LogP contribution < -0.4 is 20.7 Å². The first kappa shape index (κ1) is 25.5. The normalized spacial score (nSPS) is 11.3. The number of carbonyl (C=O) groups excluding carboxylic acids is 2. The van der Waals surface area contributed by atoms with Crippen LogP contribution in [0.3, 0.4) is 0 Å². The average molecular weight is 494 g/mol. The molecule has 1 atom stereocenters. The fourth-order valence-electron chi connectivity index (χ4n) is 3.88. The summed E-state index contributed by atoms with van der Waals surface area (Å²) >= 11 is 0. The second-order valence-electron chi connectivity index (χ2n) is 8.75. The number of amides is 2. The van der Waals surface area contributed by atoms with Crippen LogP contribution >= 0.6 is 0 Å². The highest BCUT2D eigenvalue weighted by Gasteiger charge is 2.15. The Labute approximate surface area is 217 Å². The molecule has 0 aliphatic heterocycles. The summed E-state index contributed by atoms with van der Waals surface area (Å²) in [5.74, 6) is 0.369. The van der Waals surface area contributed by atoms with Crippen molar-refractivity contribution in [1.29, 1.82) is 0 Å². The summed E-state index contributed by atoms with van der Waals surface area (Å²) < 4.78 is 5.83. The van der Waals surface area contributed by atoms with Crippen molar-refractivity contribution in [2.24, 2.45) is 0 Å². The Bertz CT molecular complexity index is 1340. The van der Waals surface area contributed by atoms with Crippen molar-refractivity contribution in [3.63, 3.8) is 0 Å². The zero-order chi connectivity index (χ0) is 26.0. The molecule has 188 valence electrons. The molecule has 3 N–H and O–H groups in total. The van der Waals surface area contributed by atoms with Crippen LogP contribution in [-0.2, 0) is 4.79 Å². The SMILES string of the molecule is CCC(C)c1ccccc1OCC(=O)Nc1ccccc1C(=O)Nc1ccc(Nc2ccccc2)cc1. The van der Waals surface area contributed by atoms with Gasteiger partial charge in [-0.2, -0.15) is 0 Å². The third-order valence-electron chi connectivity index (χ3n) is 6.07. The molecule has 0 spiro atoms. The summed E-state index contributed by atoms with van der Waals surface area (Å²) in [6.07, 6.45) is 0.974. The van der Waals surface area contributed by atoms with E-state index in [4.69, 9.17) is 4.74 Å². The van der Waals surface area contributed by atoms with Gasteiger partial charge < -0.3 is 20.7 Å². The fraction of sp³-hybridized carbons (Fsp3) is 0.161. The van der Waals surface area contributed by atoms with Gasteiger partial charge in [0, 0.05) is 17.1 Å². The molecule has 0 aliphatic carbocycles. The Morgan fingerprint density at radius 3 is 2.11 bits per heavy atom. The predicted octanol–water partition coefficient (Wildman–Crippen LogP) is 7.21. The van der Waals surface area contributed by atoms with Gasteiger partial charge >= 0.3 is 0 Å². The number of ether oxygens (including phenoxy) is 1. The summed E-state index contributed by atoms with van der Waals surface area (Å²) in [4.78, 5) is 25.7.